The SMILES string of the molecule is COc1cc(NC(=O)C2(CN)CC2)c(C(=O)O)cc1OC. The van der Waals surface area contributed by atoms with Gasteiger partial charge in [-0.1, -0.05) is 0 Å². The summed E-state index contributed by atoms with van der Waals surface area (Å²) in [5.41, 5.74) is 5.14. The number of hydrogen-bond donors (Lipinski definition) is 3. The molecule has 0 aliphatic heterocycles. The molecule has 0 saturated heterocycles. The van der Waals surface area contributed by atoms with Gasteiger partial charge in [0.1, 0.15) is 0 Å². The summed E-state index contributed by atoms with van der Waals surface area (Å²) in [5, 5.41) is 11.9. The van der Waals surface area contributed by atoms with Crippen molar-refractivity contribution in [2.45, 2.75) is 12.8 Å². The lowest BCUT2D eigenvalue weighted by atomic mass is 10.1. The largest absolute Gasteiger partial charge is 0.493 e. The van der Waals surface area contributed by atoms with Gasteiger partial charge < -0.3 is 25.6 Å². The van der Waals surface area contributed by atoms with Crippen LogP contribution in [0.15, 0.2) is 12.1 Å². The van der Waals surface area contributed by atoms with Crippen LogP contribution in [0.25, 0.3) is 0 Å². The van der Waals surface area contributed by atoms with Crippen LogP contribution in [0.4, 0.5) is 5.69 Å². The molecule has 0 unspecified atom stereocenters. The Morgan fingerprint density at radius 1 is 1.29 bits per heavy atom. The molecule has 0 aromatic heterocycles. The number of nitrogens with one attached hydrogen (secondary N) is 1. The number of ether oxygens (including phenoxy) is 2. The van der Waals surface area contributed by atoms with E-state index in [4.69, 9.17) is 15.2 Å². The van der Waals surface area contributed by atoms with E-state index in [-0.39, 0.29) is 29.5 Å². The average Bonchev–Trinajstić information content (AvgIpc) is 3.27. The molecule has 114 valence electrons. The van der Waals surface area contributed by atoms with Crippen molar-refractivity contribution in [1.29, 1.82) is 0 Å². The monoisotopic (exact) mass is 294 g/mol. The molecule has 0 radical (unpaired) electrons. The molecule has 2 rings (SSSR count). The summed E-state index contributed by atoms with van der Waals surface area (Å²) >= 11 is 0. The highest BCUT2D eigenvalue weighted by molar-refractivity contribution is 6.04. The maximum Gasteiger partial charge on any atom is 0.337 e. The number of carboxylic acids is 1. The zero-order chi connectivity index (χ0) is 15.6. The van der Waals surface area contributed by atoms with Gasteiger partial charge in [0.15, 0.2) is 11.5 Å². The molecule has 21 heavy (non-hydrogen) atoms. The van der Waals surface area contributed by atoms with Gasteiger partial charge >= 0.3 is 5.97 Å². The van der Waals surface area contributed by atoms with Crippen molar-refractivity contribution in [3.63, 3.8) is 0 Å². The molecule has 1 amide bonds. The minimum absolute atomic E-state index is 0.0613. The lowest BCUT2D eigenvalue weighted by Gasteiger charge is -2.16. The van der Waals surface area contributed by atoms with E-state index in [2.05, 4.69) is 5.32 Å². The quantitative estimate of drug-likeness (QED) is 0.724. The first-order chi connectivity index (χ1) is 9.97. The van der Waals surface area contributed by atoms with Crippen molar-refractivity contribution in [3.05, 3.63) is 17.7 Å². The Morgan fingerprint density at radius 3 is 2.29 bits per heavy atom. The molecule has 7 nitrogen and oxygen atoms in total. The number of anilines is 1. The van der Waals surface area contributed by atoms with Gasteiger partial charge in [0.2, 0.25) is 5.91 Å². The summed E-state index contributed by atoms with van der Waals surface area (Å²) in [5.74, 6) is -0.799. The molecule has 1 aromatic rings. The Bertz CT molecular complexity index is 581. The van der Waals surface area contributed by atoms with Crippen molar-refractivity contribution < 1.29 is 24.2 Å². The molecule has 1 saturated carbocycles. The van der Waals surface area contributed by atoms with Crippen LogP contribution in [0, 0.1) is 5.41 Å². The first-order valence-electron chi connectivity index (χ1n) is 6.48. The highest BCUT2D eigenvalue weighted by atomic mass is 16.5. The third-order valence-electron chi connectivity index (χ3n) is 3.73. The number of methoxy groups -OCH3 is 2. The third-order valence-corrected chi connectivity index (χ3v) is 3.73. The maximum absolute atomic E-state index is 12.2. The summed E-state index contributed by atoms with van der Waals surface area (Å²) in [6, 6.07) is 2.76. The fourth-order valence-electron chi connectivity index (χ4n) is 2.09. The van der Waals surface area contributed by atoms with E-state index in [1.165, 1.54) is 26.4 Å². The summed E-state index contributed by atoms with van der Waals surface area (Å²) in [6.45, 7) is 0.245. The number of carboxylic acid groups (broad SMARTS) is 1. The molecule has 1 fully saturated rings. The van der Waals surface area contributed by atoms with Crippen LogP contribution in [-0.2, 0) is 4.79 Å². The van der Waals surface area contributed by atoms with Gasteiger partial charge in [0.05, 0.1) is 30.9 Å². The van der Waals surface area contributed by atoms with Crippen molar-refractivity contribution >= 4 is 17.6 Å². The van der Waals surface area contributed by atoms with E-state index >= 15 is 0 Å². The molecular weight excluding hydrogens is 276 g/mol. The second-order valence-corrected chi connectivity index (χ2v) is 5.00. The van der Waals surface area contributed by atoms with Crippen LogP contribution >= 0.6 is 0 Å². The van der Waals surface area contributed by atoms with Gasteiger partial charge in [0.25, 0.3) is 0 Å². The minimum Gasteiger partial charge on any atom is -0.493 e. The van der Waals surface area contributed by atoms with E-state index in [0.717, 1.165) is 0 Å². The second kappa shape index (κ2) is 5.61. The van der Waals surface area contributed by atoms with E-state index in [0.29, 0.717) is 18.6 Å². The summed E-state index contributed by atoms with van der Waals surface area (Å²) in [6.07, 6.45) is 1.43. The number of hydrogen-bond acceptors (Lipinski definition) is 5. The zero-order valence-electron chi connectivity index (χ0n) is 11.9. The van der Waals surface area contributed by atoms with Gasteiger partial charge in [0, 0.05) is 18.7 Å². The smallest absolute Gasteiger partial charge is 0.337 e. The maximum atomic E-state index is 12.2. The van der Waals surface area contributed by atoms with Crippen LogP contribution in [0.5, 0.6) is 11.5 Å². The van der Waals surface area contributed by atoms with Crippen molar-refractivity contribution in [3.8, 4) is 11.5 Å². The standard InChI is InChI=1S/C14H18N2O5/c1-20-10-5-8(12(17)18)9(6-11(10)21-2)16-13(19)14(7-15)3-4-14/h5-6H,3-4,7,15H2,1-2H3,(H,16,19)(H,17,18). The number of amides is 1. The molecule has 4 N–H and O–H groups in total. The van der Waals surface area contributed by atoms with Gasteiger partial charge in [-0.15, -0.1) is 0 Å². The Labute approximate surface area is 122 Å². The van der Waals surface area contributed by atoms with Crippen LogP contribution < -0.4 is 20.5 Å². The molecule has 1 aromatic carbocycles. The van der Waals surface area contributed by atoms with Crippen LogP contribution in [0.3, 0.4) is 0 Å². The fraction of sp³-hybridized carbons (Fsp3) is 0.429. The highest BCUT2D eigenvalue weighted by Gasteiger charge is 2.48. The van der Waals surface area contributed by atoms with Crippen molar-refractivity contribution in [2.24, 2.45) is 11.1 Å². The minimum atomic E-state index is -1.16. The predicted molar refractivity (Wildman–Crippen MR) is 75.9 cm³/mol. The summed E-state index contributed by atoms with van der Waals surface area (Å²) in [7, 11) is 2.85. The topological polar surface area (TPSA) is 111 Å². The number of carbonyl (C=O) groups excluding carboxylic acids is 1. The molecule has 1 aliphatic rings. The van der Waals surface area contributed by atoms with E-state index in [9.17, 15) is 14.7 Å². The Morgan fingerprint density at radius 2 is 1.86 bits per heavy atom. The lowest BCUT2D eigenvalue weighted by Crippen LogP contribution is -2.31. The van der Waals surface area contributed by atoms with Gasteiger partial charge in [-0.25, -0.2) is 4.79 Å². The highest BCUT2D eigenvalue weighted by Crippen LogP contribution is 2.46. The van der Waals surface area contributed by atoms with Crippen molar-refractivity contribution in [1.82, 2.24) is 0 Å². The molecule has 0 bridgehead atoms. The number of nitrogens with two attached hydrogens (primary N) is 1. The average molecular weight is 294 g/mol. The Hall–Kier alpha value is -2.28. The Kier molecular flexibility index (Phi) is 4.04. The predicted octanol–water partition coefficient (Wildman–Crippen LogP) is 1.08. The normalized spacial score (nSPS) is 15.2. The first kappa shape index (κ1) is 15.1. The zero-order valence-corrected chi connectivity index (χ0v) is 11.9. The molecule has 0 spiro atoms. The molecule has 7 heteroatoms. The summed E-state index contributed by atoms with van der Waals surface area (Å²) in [4.78, 5) is 23.5. The lowest BCUT2D eigenvalue weighted by molar-refractivity contribution is -0.120. The molecular formula is C14H18N2O5. The van der Waals surface area contributed by atoms with Crippen LogP contribution in [-0.4, -0.2) is 37.7 Å². The van der Waals surface area contributed by atoms with Crippen molar-refractivity contribution in [2.75, 3.05) is 26.1 Å². The van der Waals surface area contributed by atoms with Crippen LogP contribution in [0.2, 0.25) is 0 Å². The van der Waals surface area contributed by atoms with Crippen LogP contribution in [0.1, 0.15) is 23.2 Å². The number of aromatic carboxylic acids is 1. The van der Waals surface area contributed by atoms with Gasteiger partial charge in [-0.05, 0) is 12.8 Å². The third kappa shape index (κ3) is 2.78. The number of benzene rings is 1. The fourth-order valence-corrected chi connectivity index (χ4v) is 2.09. The summed E-state index contributed by atoms with van der Waals surface area (Å²) < 4.78 is 10.2. The number of rotatable bonds is 6. The molecule has 0 heterocycles. The van der Waals surface area contributed by atoms with E-state index < -0.39 is 11.4 Å². The van der Waals surface area contributed by atoms with Gasteiger partial charge in [-0.2, -0.15) is 0 Å². The van der Waals surface area contributed by atoms with E-state index in [1.807, 2.05) is 0 Å². The molecule has 1 aliphatic carbocycles. The Balaban J connectivity index is 2.37. The second-order valence-electron chi connectivity index (χ2n) is 5.00. The molecule has 0 atom stereocenters. The number of carbonyl (C=O) groups is 2. The first-order valence-corrected chi connectivity index (χ1v) is 6.48. The van der Waals surface area contributed by atoms with E-state index in [1.54, 1.807) is 0 Å². The van der Waals surface area contributed by atoms with Gasteiger partial charge in [-0.3, -0.25) is 4.79 Å².